The summed E-state index contributed by atoms with van der Waals surface area (Å²) in [6.45, 7) is 27.1. The van der Waals surface area contributed by atoms with Crippen molar-refractivity contribution in [2.24, 2.45) is 10.2 Å². The minimum Gasteiger partial charge on any atom is -0.320 e. The van der Waals surface area contributed by atoms with Crippen LogP contribution in [0.4, 0.5) is 0 Å². The number of azo groups is 1. The first kappa shape index (κ1) is 57.6. The third-order valence-corrected chi connectivity index (χ3v) is 1.89. The summed E-state index contributed by atoms with van der Waals surface area (Å²) >= 11 is 0. The van der Waals surface area contributed by atoms with E-state index in [4.69, 9.17) is 0 Å². The molecule has 2 aromatic rings. The predicted octanol–water partition coefficient (Wildman–Crippen LogP) is 11.1. The molecule has 0 unspecified atom stereocenters. The molecule has 2 aromatic carbocycles. The Balaban J connectivity index is -0.0000000290. The van der Waals surface area contributed by atoms with Crippen molar-refractivity contribution < 1.29 is 0 Å². The Morgan fingerprint density at radius 1 is 0.424 bits per heavy atom. The fourth-order valence-corrected chi connectivity index (χ4v) is 0.770. The molecule has 0 atom stereocenters. The maximum absolute atomic E-state index is 3.36. The van der Waals surface area contributed by atoms with E-state index >= 15 is 0 Å². The predicted molar refractivity (Wildman–Crippen MR) is 164 cm³/mol. The largest absolute Gasteiger partial charge is 0.320 e. The molecule has 1 N–H and O–H groups in total. The first-order chi connectivity index (χ1) is 15.8. The van der Waals surface area contributed by atoms with Gasteiger partial charge in [-0.2, -0.15) is 10.2 Å². The van der Waals surface area contributed by atoms with Crippen LogP contribution >= 0.6 is 0 Å². The van der Waals surface area contributed by atoms with Crippen LogP contribution in [0, 0.1) is 0 Å². The van der Waals surface area contributed by atoms with E-state index in [2.05, 4.69) is 22.5 Å². The molecule has 3 nitrogen and oxygen atoms in total. The summed E-state index contributed by atoms with van der Waals surface area (Å²) in [5, 5.41) is 9.65. The fraction of sp³-hybridized carbons (Fsp3) is 0.600. The Hall–Kier alpha value is -2.00. The van der Waals surface area contributed by atoms with Crippen molar-refractivity contribution in [3.63, 3.8) is 0 Å². The minimum absolute atomic E-state index is 0. The first-order valence-corrected chi connectivity index (χ1v) is 12.7. The zero-order valence-corrected chi connectivity index (χ0v) is 25.0. The second kappa shape index (κ2) is 129. The van der Waals surface area contributed by atoms with Gasteiger partial charge in [0.1, 0.15) is 0 Å². The van der Waals surface area contributed by atoms with Gasteiger partial charge in [-0.05, 0) is 13.6 Å². The number of benzene rings is 2. The smallest absolute Gasteiger partial charge is 0.0487 e. The molecule has 0 saturated carbocycles. The van der Waals surface area contributed by atoms with Crippen molar-refractivity contribution in [2.75, 3.05) is 27.7 Å². The van der Waals surface area contributed by atoms with Gasteiger partial charge in [-0.25, -0.2) is 0 Å². The number of nitrogens with one attached hydrogen (secondary N) is 1. The average Bonchev–Trinajstić information content (AvgIpc) is 2.97. The van der Waals surface area contributed by atoms with Crippen LogP contribution in [0.5, 0.6) is 0 Å². The molecule has 0 fully saturated rings. The minimum atomic E-state index is 0. The second-order valence-corrected chi connectivity index (χ2v) is 3.42. The molecule has 0 amide bonds. The SMILES string of the molecule is C.CC.CC.CC.CC.CC.CC.CCNC.CN=NC.c1ccccc1.c1ccccc1. The van der Waals surface area contributed by atoms with Crippen molar-refractivity contribution >= 4 is 0 Å². The molecule has 0 heterocycles. The molecule has 0 aliphatic heterocycles. The van der Waals surface area contributed by atoms with Crippen LogP contribution in [-0.4, -0.2) is 27.7 Å². The Labute approximate surface area is 213 Å². The Morgan fingerprint density at radius 2 is 0.515 bits per heavy atom. The molecule has 0 aliphatic carbocycles. The van der Waals surface area contributed by atoms with E-state index < -0.39 is 0 Å². The lowest BCUT2D eigenvalue weighted by atomic mass is 10.4. The average molecular weight is 470 g/mol. The van der Waals surface area contributed by atoms with E-state index in [0.717, 1.165) is 6.54 Å². The first-order valence-electron chi connectivity index (χ1n) is 12.7. The monoisotopic (exact) mass is 470 g/mol. The lowest BCUT2D eigenvalue weighted by Crippen LogP contribution is -2.01. The van der Waals surface area contributed by atoms with Crippen LogP contribution in [-0.2, 0) is 0 Å². The van der Waals surface area contributed by atoms with Crippen LogP contribution in [0.15, 0.2) is 83.0 Å². The number of rotatable bonds is 1. The zero-order valence-electron chi connectivity index (χ0n) is 25.0. The van der Waals surface area contributed by atoms with Gasteiger partial charge in [-0.3, -0.25) is 0 Å². The molecule has 0 radical (unpaired) electrons. The van der Waals surface area contributed by atoms with E-state index in [9.17, 15) is 0 Å². The van der Waals surface area contributed by atoms with E-state index in [1.165, 1.54) is 0 Å². The number of nitrogens with zero attached hydrogens (tertiary/aromatic N) is 2. The number of hydrogen-bond donors (Lipinski definition) is 1. The molecule has 2 rings (SSSR count). The van der Waals surface area contributed by atoms with Gasteiger partial charge in [0.05, 0.1) is 0 Å². The highest BCUT2D eigenvalue weighted by Crippen LogP contribution is 1.80. The van der Waals surface area contributed by atoms with Crippen LogP contribution in [0.2, 0.25) is 0 Å². The van der Waals surface area contributed by atoms with E-state index in [-0.39, 0.29) is 7.43 Å². The topological polar surface area (TPSA) is 36.8 Å². The van der Waals surface area contributed by atoms with E-state index in [1.54, 1.807) is 14.1 Å². The molecule has 33 heavy (non-hydrogen) atoms. The summed E-state index contributed by atoms with van der Waals surface area (Å²) in [7, 11) is 5.21. The number of hydrogen-bond acceptors (Lipinski definition) is 3. The van der Waals surface area contributed by atoms with Crippen LogP contribution in [0.3, 0.4) is 0 Å². The Bertz CT molecular complexity index is 272. The normalized spacial score (nSPS) is 6.06. The highest BCUT2D eigenvalue weighted by Gasteiger charge is 1.58. The van der Waals surface area contributed by atoms with Gasteiger partial charge >= 0.3 is 0 Å². The zero-order chi connectivity index (χ0) is 27.3. The molecular weight excluding hydrogens is 402 g/mol. The molecule has 0 aliphatic rings. The standard InChI is InChI=1S/2C6H6.C3H9N.C2H6N2.6C2H6.CH4/c2*1-2-4-6-5-3-1;2*1-3-4-2;6*1-2;/h2*1-6H;4H,3H2,1-2H3;1-2H3;6*1-2H3;1H4. The van der Waals surface area contributed by atoms with Gasteiger partial charge in [0, 0.05) is 14.1 Å². The van der Waals surface area contributed by atoms with Gasteiger partial charge in [0.25, 0.3) is 0 Å². The van der Waals surface area contributed by atoms with Gasteiger partial charge in [0.15, 0.2) is 0 Å². The Kier molecular flexibility index (Phi) is 225. The summed E-state index contributed by atoms with van der Waals surface area (Å²) < 4.78 is 0. The quantitative estimate of drug-likeness (QED) is 0.414. The molecule has 3 heteroatoms. The maximum atomic E-state index is 3.36. The summed E-state index contributed by atoms with van der Waals surface area (Å²) in [6.07, 6.45) is 0. The third kappa shape index (κ3) is 163. The molecule has 202 valence electrons. The molecular formula is C30H67N3. The molecule has 0 saturated heterocycles. The van der Waals surface area contributed by atoms with Gasteiger partial charge < -0.3 is 5.32 Å². The fourth-order valence-electron chi connectivity index (χ4n) is 0.770. The van der Waals surface area contributed by atoms with Crippen molar-refractivity contribution in [1.29, 1.82) is 0 Å². The second-order valence-electron chi connectivity index (χ2n) is 3.42. The van der Waals surface area contributed by atoms with E-state index in [1.807, 2.05) is 163 Å². The Morgan fingerprint density at radius 3 is 0.545 bits per heavy atom. The van der Waals surface area contributed by atoms with Crippen LogP contribution in [0.1, 0.15) is 97.4 Å². The summed E-state index contributed by atoms with van der Waals surface area (Å²) in [4.78, 5) is 0. The van der Waals surface area contributed by atoms with E-state index in [0.29, 0.717) is 0 Å². The summed E-state index contributed by atoms with van der Waals surface area (Å²) in [5.74, 6) is 0. The lowest BCUT2D eigenvalue weighted by molar-refractivity contribution is 0.864. The van der Waals surface area contributed by atoms with Crippen LogP contribution < -0.4 is 5.32 Å². The highest BCUT2D eigenvalue weighted by molar-refractivity contribution is 4.99. The molecule has 0 aromatic heterocycles. The summed E-state index contributed by atoms with van der Waals surface area (Å²) in [6, 6.07) is 24.0. The van der Waals surface area contributed by atoms with Gasteiger partial charge in [0.2, 0.25) is 0 Å². The molecule has 0 bridgehead atoms. The van der Waals surface area contributed by atoms with Crippen molar-refractivity contribution in [3.8, 4) is 0 Å². The molecule has 0 spiro atoms. The van der Waals surface area contributed by atoms with Crippen LogP contribution in [0.25, 0.3) is 0 Å². The highest BCUT2D eigenvalue weighted by atomic mass is 15.0. The summed E-state index contributed by atoms with van der Waals surface area (Å²) in [5.41, 5.74) is 0. The van der Waals surface area contributed by atoms with Crippen molar-refractivity contribution in [3.05, 3.63) is 72.8 Å². The third-order valence-electron chi connectivity index (χ3n) is 1.89. The van der Waals surface area contributed by atoms with Gasteiger partial charge in [-0.15, -0.1) is 0 Å². The van der Waals surface area contributed by atoms with Crippen molar-refractivity contribution in [1.82, 2.24) is 5.32 Å². The lowest BCUT2D eigenvalue weighted by Gasteiger charge is -1.76. The maximum Gasteiger partial charge on any atom is 0.0487 e. The van der Waals surface area contributed by atoms with Gasteiger partial charge in [-0.1, -0.05) is 170 Å². The van der Waals surface area contributed by atoms with Crippen molar-refractivity contribution in [2.45, 2.75) is 97.4 Å².